The Balaban J connectivity index is 3.20. The number of para-hydroxylation sites is 1. The van der Waals surface area contributed by atoms with E-state index in [1.165, 1.54) is 18.2 Å². The third kappa shape index (κ3) is 4.04. The molecule has 15 heavy (non-hydrogen) atoms. The lowest BCUT2D eigenvalue weighted by molar-refractivity contribution is 0.310. The molecule has 1 aromatic rings. The van der Waals surface area contributed by atoms with Crippen molar-refractivity contribution >= 4 is 44.9 Å². The van der Waals surface area contributed by atoms with Crippen LogP contribution in [0.25, 0.3) is 0 Å². The normalized spacial score (nSPS) is 12.5. The minimum atomic E-state index is -4.41. The van der Waals surface area contributed by atoms with Crippen molar-refractivity contribution in [3.05, 3.63) is 24.3 Å². The van der Waals surface area contributed by atoms with Gasteiger partial charge in [-0.3, -0.25) is 4.55 Å². The van der Waals surface area contributed by atoms with E-state index in [-0.39, 0.29) is 5.75 Å². The Hall–Kier alpha value is -0.200. The van der Waals surface area contributed by atoms with Crippen LogP contribution in [0.4, 0.5) is 0 Å². The fourth-order valence-electron chi connectivity index (χ4n) is 0.872. The van der Waals surface area contributed by atoms with Crippen LogP contribution in [-0.2, 0) is 10.1 Å². The Morgan fingerprint density at radius 2 is 1.73 bits per heavy atom. The van der Waals surface area contributed by atoms with Crippen LogP contribution >= 0.6 is 34.8 Å². The van der Waals surface area contributed by atoms with Gasteiger partial charge < -0.3 is 4.74 Å². The van der Waals surface area contributed by atoms with E-state index >= 15 is 0 Å². The highest BCUT2D eigenvalue weighted by Crippen LogP contribution is 2.33. The summed E-state index contributed by atoms with van der Waals surface area (Å²) in [5.74, 6) is -0.236. The fraction of sp³-hybridized carbons (Fsp3) is 0.143. The van der Waals surface area contributed by atoms with E-state index in [1.807, 2.05) is 0 Å². The van der Waals surface area contributed by atoms with E-state index in [2.05, 4.69) is 0 Å². The van der Waals surface area contributed by atoms with Crippen molar-refractivity contribution in [3.8, 4) is 5.75 Å². The van der Waals surface area contributed by atoms with E-state index in [0.717, 1.165) is 6.07 Å². The number of benzene rings is 1. The molecular formula is C7H5Cl3O4S. The first kappa shape index (κ1) is 12.9. The average Bonchev–Trinajstić information content (AvgIpc) is 1.99. The molecule has 0 aliphatic carbocycles. The van der Waals surface area contributed by atoms with Crippen molar-refractivity contribution in [3.63, 3.8) is 0 Å². The maximum absolute atomic E-state index is 10.9. The summed E-state index contributed by atoms with van der Waals surface area (Å²) in [5.41, 5.74) is 0. The lowest BCUT2D eigenvalue weighted by atomic mass is 10.3. The first-order valence-electron chi connectivity index (χ1n) is 3.52. The summed E-state index contributed by atoms with van der Waals surface area (Å²) in [6, 6.07) is 5.25. The third-order valence-corrected chi connectivity index (χ3v) is 2.48. The van der Waals surface area contributed by atoms with Gasteiger partial charge in [0, 0.05) is 0 Å². The first-order chi connectivity index (χ1) is 6.70. The highest BCUT2D eigenvalue weighted by Gasteiger charge is 2.26. The van der Waals surface area contributed by atoms with Crippen LogP contribution in [0.15, 0.2) is 29.2 Å². The quantitative estimate of drug-likeness (QED) is 0.672. The van der Waals surface area contributed by atoms with Gasteiger partial charge in [0.25, 0.3) is 10.1 Å². The van der Waals surface area contributed by atoms with Crippen LogP contribution in [0.5, 0.6) is 5.75 Å². The Bertz CT molecular complexity index is 452. The van der Waals surface area contributed by atoms with Gasteiger partial charge in [0.2, 0.25) is 0 Å². The SMILES string of the molecule is O=S(=O)(O)c1ccccc1OC(Cl)(Cl)Cl. The van der Waals surface area contributed by atoms with Crippen LogP contribution in [0, 0.1) is 0 Å². The number of rotatable bonds is 2. The van der Waals surface area contributed by atoms with Gasteiger partial charge in [-0.2, -0.15) is 8.42 Å². The third-order valence-electron chi connectivity index (χ3n) is 1.35. The van der Waals surface area contributed by atoms with Gasteiger partial charge in [-0.25, -0.2) is 0 Å². The van der Waals surface area contributed by atoms with Crippen molar-refractivity contribution < 1.29 is 17.7 Å². The van der Waals surface area contributed by atoms with Gasteiger partial charge >= 0.3 is 3.98 Å². The molecule has 1 N–H and O–H groups in total. The van der Waals surface area contributed by atoms with Crippen LogP contribution in [0.3, 0.4) is 0 Å². The van der Waals surface area contributed by atoms with Gasteiger partial charge in [0.1, 0.15) is 10.6 Å². The second kappa shape index (κ2) is 4.35. The van der Waals surface area contributed by atoms with Crippen LogP contribution < -0.4 is 4.74 Å². The Morgan fingerprint density at radius 3 is 2.20 bits per heavy atom. The molecular weight excluding hydrogens is 286 g/mol. The number of alkyl halides is 3. The maximum Gasteiger partial charge on any atom is 0.338 e. The second-order valence-electron chi connectivity index (χ2n) is 2.47. The van der Waals surface area contributed by atoms with Crippen LogP contribution in [0.1, 0.15) is 0 Å². The van der Waals surface area contributed by atoms with E-state index in [0.29, 0.717) is 0 Å². The predicted octanol–water partition coefficient (Wildman–Crippen LogP) is 2.64. The average molecular weight is 292 g/mol. The Labute approximate surface area is 101 Å². The monoisotopic (exact) mass is 290 g/mol. The van der Waals surface area contributed by atoms with E-state index < -0.39 is 19.0 Å². The smallest absolute Gasteiger partial charge is 0.338 e. The number of ether oxygens (including phenoxy) is 1. The molecule has 0 aliphatic rings. The molecule has 0 saturated heterocycles. The zero-order valence-corrected chi connectivity index (χ0v) is 10.1. The molecule has 1 rings (SSSR count). The number of halogens is 3. The topological polar surface area (TPSA) is 63.6 Å². The molecule has 4 nitrogen and oxygen atoms in total. The molecule has 0 aliphatic heterocycles. The van der Waals surface area contributed by atoms with E-state index in [9.17, 15) is 8.42 Å². The summed E-state index contributed by atoms with van der Waals surface area (Å²) < 4.78 is 33.2. The lowest BCUT2D eigenvalue weighted by Crippen LogP contribution is -2.14. The van der Waals surface area contributed by atoms with Crippen molar-refractivity contribution in [1.29, 1.82) is 0 Å². The number of hydrogen-bond donors (Lipinski definition) is 1. The van der Waals surface area contributed by atoms with E-state index in [1.54, 1.807) is 0 Å². The summed E-state index contributed by atoms with van der Waals surface area (Å²) >= 11 is 16.0. The van der Waals surface area contributed by atoms with Crippen molar-refractivity contribution in [1.82, 2.24) is 0 Å². The molecule has 0 radical (unpaired) electrons. The predicted molar refractivity (Wildman–Crippen MR) is 57.2 cm³/mol. The molecule has 0 spiro atoms. The van der Waals surface area contributed by atoms with Crippen molar-refractivity contribution in [2.75, 3.05) is 0 Å². The first-order valence-corrected chi connectivity index (χ1v) is 6.10. The van der Waals surface area contributed by atoms with Crippen molar-refractivity contribution in [2.45, 2.75) is 8.87 Å². The zero-order valence-electron chi connectivity index (χ0n) is 7.02. The summed E-state index contributed by atoms with van der Waals surface area (Å²) in [4.78, 5) is -0.462. The Morgan fingerprint density at radius 1 is 1.20 bits per heavy atom. The molecule has 0 heterocycles. The molecule has 0 atom stereocenters. The van der Waals surface area contributed by atoms with Crippen LogP contribution in [0.2, 0.25) is 0 Å². The molecule has 0 bridgehead atoms. The maximum atomic E-state index is 10.9. The summed E-state index contributed by atoms with van der Waals surface area (Å²) in [6.45, 7) is 0. The largest absolute Gasteiger partial charge is 0.444 e. The van der Waals surface area contributed by atoms with Crippen LogP contribution in [-0.4, -0.2) is 16.9 Å². The van der Waals surface area contributed by atoms with Gasteiger partial charge in [0.15, 0.2) is 0 Å². The zero-order chi connectivity index (χ0) is 11.7. The number of hydrogen-bond acceptors (Lipinski definition) is 3. The minimum absolute atomic E-state index is 0.236. The van der Waals surface area contributed by atoms with Gasteiger partial charge in [-0.1, -0.05) is 12.1 Å². The Kier molecular flexibility index (Phi) is 3.73. The molecule has 8 heteroatoms. The summed E-state index contributed by atoms with van der Waals surface area (Å²) in [5, 5.41) is 0. The van der Waals surface area contributed by atoms with Crippen molar-refractivity contribution in [2.24, 2.45) is 0 Å². The highest BCUT2D eigenvalue weighted by molar-refractivity contribution is 7.86. The van der Waals surface area contributed by atoms with E-state index in [4.69, 9.17) is 44.1 Å². The molecule has 0 saturated carbocycles. The minimum Gasteiger partial charge on any atom is -0.444 e. The highest BCUT2D eigenvalue weighted by atomic mass is 35.6. The summed E-state index contributed by atoms with van der Waals surface area (Å²) in [6.07, 6.45) is 0. The fourth-order valence-corrected chi connectivity index (χ4v) is 1.74. The molecule has 0 unspecified atom stereocenters. The second-order valence-corrected chi connectivity index (χ2v) is 6.04. The molecule has 0 fully saturated rings. The molecule has 0 aromatic heterocycles. The summed E-state index contributed by atoms with van der Waals surface area (Å²) in [7, 11) is -4.41. The van der Waals surface area contributed by atoms with Gasteiger partial charge in [-0.05, 0) is 46.9 Å². The molecule has 1 aromatic carbocycles. The molecule has 84 valence electrons. The van der Waals surface area contributed by atoms with Gasteiger partial charge in [0.05, 0.1) is 0 Å². The standard InChI is InChI=1S/C7H5Cl3O4S/c8-7(9,10)14-5-3-1-2-4-6(5)15(11,12)13/h1-4H,(H,11,12,13). The lowest BCUT2D eigenvalue weighted by Gasteiger charge is -2.15. The van der Waals surface area contributed by atoms with Gasteiger partial charge in [-0.15, -0.1) is 0 Å². The molecule has 0 amide bonds.